The van der Waals surface area contributed by atoms with Gasteiger partial charge in [0.15, 0.2) is 0 Å². The number of anilines is 1. The van der Waals surface area contributed by atoms with Gasteiger partial charge in [0, 0.05) is 6.07 Å². The molecule has 0 aliphatic heterocycles. The first-order valence-electron chi connectivity index (χ1n) is 6.02. The molecule has 0 spiro atoms. The van der Waals surface area contributed by atoms with E-state index in [-0.39, 0.29) is 24.0 Å². The molecule has 1 aromatic carbocycles. The van der Waals surface area contributed by atoms with Crippen molar-refractivity contribution in [2.45, 2.75) is 6.61 Å². The standard InChI is InChI=1S/C13H14N4O4/c1-20-10-4-2-9(3-5-10)8-21-13-11(17(18)19)6-7-12(15-13)16-14/h2-7H,8,14H2,1H3,(H,15,16). The van der Waals surface area contributed by atoms with Crippen LogP contribution in [0.15, 0.2) is 36.4 Å². The Labute approximate surface area is 120 Å². The highest BCUT2D eigenvalue weighted by atomic mass is 16.6. The quantitative estimate of drug-likeness (QED) is 0.474. The van der Waals surface area contributed by atoms with E-state index < -0.39 is 4.92 Å². The number of nitrogens with one attached hydrogen (secondary N) is 1. The van der Waals surface area contributed by atoms with Crippen molar-refractivity contribution < 1.29 is 14.4 Å². The van der Waals surface area contributed by atoms with Gasteiger partial charge in [-0.05, 0) is 23.8 Å². The number of benzene rings is 1. The highest BCUT2D eigenvalue weighted by Gasteiger charge is 2.17. The molecule has 1 heterocycles. The Bertz CT molecular complexity index is 631. The number of methoxy groups -OCH3 is 1. The Morgan fingerprint density at radius 2 is 2.00 bits per heavy atom. The summed E-state index contributed by atoms with van der Waals surface area (Å²) in [4.78, 5) is 14.3. The normalized spacial score (nSPS) is 10.0. The number of nitro groups is 1. The minimum Gasteiger partial charge on any atom is -0.497 e. The van der Waals surface area contributed by atoms with Crippen LogP contribution in [0.5, 0.6) is 11.6 Å². The fourth-order valence-electron chi connectivity index (χ4n) is 1.63. The zero-order valence-corrected chi connectivity index (χ0v) is 11.3. The minimum atomic E-state index is -0.559. The summed E-state index contributed by atoms with van der Waals surface area (Å²) in [6.45, 7) is 0.145. The molecule has 110 valence electrons. The van der Waals surface area contributed by atoms with E-state index in [0.717, 1.165) is 11.3 Å². The second-order valence-corrected chi connectivity index (χ2v) is 4.06. The zero-order valence-electron chi connectivity index (χ0n) is 11.3. The number of hydrazine groups is 1. The van der Waals surface area contributed by atoms with Crippen LogP contribution in [0.4, 0.5) is 11.5 Å². The molecule has 2 rings (SSSR count). The molecule has 0 atom stereocenters. The summed E-state index contributed by atoms with van der Waals surface area (Å²) in [5, 5.41) is 10.9. The molecule has 0 unspecified atom stereocenters. The number of hydrogen-bond acceptors (Lipinski definition) is 7. The lowest BCUT2D eigenvalue weighted by Crippen LogP contribution is -2.10. The lowest BCUT2D eigenvalue weighted by Gasteiger charge is -2.08. The molecule has 0 aliphatic rings. The molecule has 0 aliphatic carbocycles. The van der Waals surface area contributed by atoms with Gasteiger partial charge in [0.2, 0.25) is 0 Å². The number of nitrogen functional groups attached to an aromatic ring is 1. The summed E-state index contributed by atoms with van der Waals surface area (Å²) < 4.78 is 10.5. The molecule has 8 heteroatoms. The molecule has 3 N–H and O–H groups in total. The van der Waals surface area contributed by atoms with Crippen LogP contribution in [-0.2, 0) is 6.61 Å². The number of aromatic nitrogens is 1. The number of ether oxygens (including phenoxy) is 2. The molecule has 0 bridgehead atoms. The number of hydrogen-bond donors (Lipinski definition) is 2. The van der Waals surface area contributed by atoms with E-state index in [4.69, 9.17) is 15.3 Å². The van der Waals surface area contributed by atoms with E-state index in [2.05, 4.69) is 10.4 Å². The van der Waals surface area contributed by atoms with Crippen molar-refractivity contribution >= 4 is 11.5 Å². The summed E-state index contributed by atoms with van der Waals surface area (Å²) in [6.07, 6.45) is 0. The third-order valence-electron chi connectivity index (χ3n) is 2.72. The summed E-state index contributed by atoms with van der Waals surface area (Å²) in [5.41, 5.74) is 2.93. The highest BCUT2D eigenvalue weighted by molar-refractivity contribution is 5.48. The van der Waals surface area contributed by atoms with Crippen molar-refractivity contribution in [3.05, 3.63) is 52.1 Å². The van der Waals surface area contributed by atoms with Crippen molar-refractivity contribution in [2.24, 2.45) is 5.84 Å². The SMILES string of the molecule is COc1ccc(COc2nc(NN)ccc2[N+](=O)[O-])cc1. The van der Waals surface area contributed by atoms with Gasteiger partial charge in [-0.2, -0.15) is 4.98 Å². The van der Waals surface area contributed by atoms with Crippen LogP contribution >= 0.6 is 0 Å². The van der Waals surface area contributed by atoms with Crippen molar-refractivity contribution in [3.8, 4) is 11.6 Å². The summed E-state index contributed by atoms with van der Waals surface area (Å²) in [6, 6.07) is 9.84. The number of pyridine rings is 1. The highest BCUT2D eigenvalue weighted by Crippen LogP contribution is 2.26. The first-order chi connectivity index (χ1) is 10.1. The largest absolute Gasteiger partial charge is 0.497 e. The van der Waals surface area contributed by atoms with Gasteiger partial charge in [-0.25, -0.2) is 5.84 Å². The second-order valence-electron chi connectivity index (χ2n) is 4.06. The topological polar surface area (TPSA) is 113 Å². The van der Waals surface area contributed by atoms with Gasteiger partial charge in [-0.15, -0.1) is 0 Å². The fourth-order valence-corrected chi connectivity index (χ4v) is 1.63. The lowest BCUT2D eigenvalue weighted by atomic mass is 10.2. The van der Waals surface area contributed by atoms with Gasteiger partial charge in [-0.1, -0.05) is 12.1 Å². The first-order valence-corrected chi connectivity index (χ1v) is 6.02. The van der Waals surface area contributed by atoms with Crippen LogP contribution in [0.3, 0.4) is 0 Å². The summed E-state index contributed by atoms with van der Waals surface area (Å²) >= 11 is 0. The molecule has 21 heavy (non-hydrogen) atoms. The number of nitrogens with two attached hydrogens (primary N) is 1. The average molecular weight is 290 g/mol. The first kappa shape index (κ1) is 14.5. The van der Waals surface area contributed by atoms with Crippen molar-refractivity contribution in [1.29, 1.82) is 0 Å². The monoisotopic (exact) mass is 290 g/mol. The molecule has 8 nitrogen and oxygen atoms in total. The summed E-state index contributed by atoms with van der Waals surface area (Å²) in [7, 11) is 1.57. The molecule has 0 amide bonds. The third kappa shape index (κ3) is 3.57. The minimum absolute atomic E-state index is 0.0914. The molecule has 0 saturated heterocycles. The molecule has 0 saturated carbocycles. The van der Waals surface area contributed by atoms with Crippen molar-refractivity contribution in [1.82, 2.24) is 4.98 Å². The predicted octanol–water partition coefficient (Wildman–Crippen LogP) is 1.86. The second kappa shape index (κ2) is 6.53. The van der Waals surface area contributed by atoms with E-state index in [1.54, 1.807) is 31.4 Å². The molecule has 2 aromatic rings. The van der Waals surface area contributed by atoms with Crippen LogP contribution in [0.25, 0.3) is 0 Å². The van der Waals surface area contributed by atoms with E-state index >= 15 is 0 Å². The van der Waals surface area contributed by atoms with E-state index in [0.29, 0.717) is 0 Å². The molecule has 1 aromatic heterocycles. The Balaban J connectivity index is 2.15. The van der Waals surface area contributed by atoms with Crippen LogP contribution < -0.4 is 20.7 Å². The maximum atomic E-state index is 10.9. The van der Waals surface area contributed by atoms with E-state index in [9.17, 15) is 10.1 Å². The van der Waals surface area contributed by atoms with Gasteiger partial charge >= 0.3 is 5.69 Å². The van der Waals surface area contributed by atoms with Crippen molar-refractivity contribution in [2.75, 3.05) is 12.5 Å². The molecule has 0 fully saturated rings. The average Bonchev–Trinajstić information content (AvgIpc) is 2.52. The van der Waals surface area contributed by atoms with Crippen LogP contribution in [0, 0.1) is 10.1 Å². The fraction of sp³-hybridized carbons (Fsp3) is 0.154. The Morgan fingerprint density at radius 1 is 1.29 bits per heavy atom. The van der Waals surface area contributed by atoms with Gasteiger partial charge < -0.3 is 14.9 Å². The van der Waals surface area contributed by atoms with Gasteiger partial charge in [-0.3, -0.25) is 10.1 Å². The maximum Gasteiger partial charge on any atom is 0.331 e. The zero-order chi connectivity index (χ0) is 15.2. The van der Waals surface area contributed by atoms with Crippen LogP contribution in [0.2, 0.25) is 0 Å². The lowest BCUT2D eigenvalue weighted by molar-refractivity contribution is -0.386. The third-order valence-corrected chi connectivity index (χ3v) is 2.72. The van der Waals surface area contributed by atoms with Gasteiger partial charge in [0.05, 0.1) is 12.0 Å². The number of rotatable bonds is 6. The Kier molecular flexibility index (Phi) is 4.52. The van der Waals surface area contributed by atoms with Gasteiger partial charge in [0.1, 0.15) is 18.2 Å². The maximum absolute atomic E-state index is 10.9. The van der Waals surface area contributed by atoms with Gasteiger partial charge in [0.25, 0.3) is 5.88 Å². The molecular weight excluding hydrogens is 276 g/mol. The van der Waals surface area contributed by atoms with E-state index in [1.807, 2.05) is 0 Å². The van der Waals surface area contributed by atoms with Crippen LogP contribution in [-0.4, -0.2) is 17.0 Å². The van der Waals surface area contributed by atoms with Crippen LogP contribution in [0.1, 0.15) is 5.56 Å². The molecule has 0 radical (unpaired) electrons. The smallest absolute Gasteiger partial charge is 0.331 e. The predicted molar refractivity (Wildman–Crippen MR) is 76.0 cm³/mol. The Hall–Kier alpha value is -2.87. The van der Waals surface area contributed by atoms with Crippen molar-refractivity contribution in [3.63, 3.8) is 0 Å². The summed E-state index contributed by atoms with van der Waals surface area (Å²) in [5.74, 6) is 6.14. The Morgan fingerprint density at radius 3 is 2.57 bits per heavy atom. The number of nitrogens with zero attached hydrogens (tertiary/aromatic N) is 2. The molecular formula is C13H14N4O4. The van der Waals surface area contributed by atoms with E-state index in [1.165, 1.54) is 12.1 Å².